The Bertz CT molecular complexity index is 573. The second-order valence-electron chi connectivity index (χ2n) is 4.75. The van der Waals surface area contributed by atoms with Crippen LogP contribution in [0.4, 0.5) is 0 Å². The molecule has 0 aromatic carbocycles. The van der Waals surface area contributed by atoms with Crippen LogP contribution in [0.15, 0.2) is 36.7 Å². The zero-order chi connectivity index (χ0) is 11.8. The normalized spacial score (nSPS) is 13.1. The van der Waals surface area contributed by atoms with Crippen molar-refractivity contribution in [3.8, 4) is 11.4 Å². The minimum atomic E-state index is 1.07. The topological polar surface area (TPSA) is 7.76 Å². The highest BCUT2D eigenvalue weighted by Gasteiger charge is 2.29. The lowest BCUT2D eigenvalue weighted by molar-refractivity contribution is -0.795. The van der Waals surface area contributed by atoms with Gasteiger partial charge in [-0.2, -0.15) is 9.13 Å². The van der Waals surface area contributed by atoms with Crippen molar-refractivity contribution in [1.82, 2.24) is 0 Å². The van der Waals surface area contributed by atoms with E-state index in [2.05, 4.69) is 59.6 Å². The summed E-state index contributed by atoms with van der Waals surface area (Å²) in [4.78, 5) is 0. The van der Waals surface area contributed by atoms with Crippen molar-refractivity contribution in [3.05, 3.63) is 47.8 Å². The summed E-state index contributed by atoms with van der Waals surface area (Å²) in [5.41, 5.74) is 5.42. The molecular weight excluding hydrogens is 208 g/mol. The van der Waals surface area contributed by atoms with Gasteiger partial charge >= 0.3 is 0 Å². The van der Waals surface area contributed by atoms with Gasteiger partial charge in [-0.1, -0.05) is 6.92 Å². The molecule has 0 saturated carbocycles. The third-order valence-electron chi connectivity index (χ3n) is 3.54. The minimum absolute atomic E-state index is 1.07. The Labute approximate surface area is 102 Å². The van der Waals surface area contributed by atoms with Gasteiger partial charge in [0, 0.05) is 24.3 Å². The largest absolute Gasteiger partial charge is 0.277 e. The molecular formula is C15H18N2+2. The van der Waals surface area contributed by atoms with Crippen LogP contribution >= 0.6 is 0 Å². The van der Waals surface area contributed by atoms with Gasteiger partial charge in [-0.15, -0.1) is 0 Å². The van der Waals surface area contributed by atoms with Crippen molar-refractivity contribution in [2.24, 2.45) is 0 Å². The maximum atomic E-state index is 2.36. The standard InChI is InChI=1S/C15H18N2/c1-3-13-5-7-17-9-8-16-6-4-12(2)10-14(16)15(17)11-13/h4-7,10-11H,3,8-9H2,1-2H3/q+2. The highest BCUT2D eigenvalue weighted by molar-refractivity contribution is 5.49. The molecule has 0 radical (unpaired) electrons. The molecule has 2 aromatic rings. The Morgan fingerprint density at radius 3 is 2.35 bits per heavy atom. The molecule has 1 aliphatic rings. The SMILES string of the molecule is CCc1cc[n+]2c(c1)-c1cc(C)cc[n+]1CC2. The summed E-state index contributed by atoms with van der Waals surface area (Å²) in [5.74, 6) is 0. The van der Waals surface area contributed by atoms with Gasteiger partial charge in [0.15, 0.2) is 12.4 Å². The van der Waals surface area contributed by atoms with Crippen molar-refractivity contribution >= 4 is 0 Å². The van der Waals surface area contributed by atoms with Crippen LogP contribution in [0.2, 0.25) is 0 Å². The van der Waals surface area contributed by atoms with Crippen molar-refractivity contribution in [2.75, 3.05) is 0 Å². The van der Waals surface area contributed by atoms with E-state index in [1.54, 1.807) is 0 Å². The summed E-state index contributed by atoms with van der Waals surface area (Å²) in [6.45, 7) is 6.50. The predicted octanol–water partition coefficient (Wildman–Crippen LogP) is 1.81. The van der Waals surface area contributed by atoms with E-state index >= 15 is 0 Å². The van der Waals surface area contributed by atoms with Crippen molar-refractivity contribution < 1.29 is 9.13 Å². The minimum Gasteiger partial charge on any atom is -0.186 e. The van der Waals surface area contributed by atoms with Crippen LogP contribution in [-0.4, -0.2) is 0 Å². The molecule has 0 spiro atoms. The van der Waals surface area contributed by atoms with Crippen LogP contribution in [0, 0.1) is 6.92 Å². The van der Waals surface area contributed by atoms with E-state index < -0.39 is 0 Å². The summed E-state index contributed by atoms with van der Waals surface area (Å²) in [7, 11) is 0. The second-order valence-corrected chi connectivity index (χ2v) is 4.75. The van der Waals surface area contributed by atoms with E-state index in [0.29, 0.717) is 0 Å². The summed E-state index contributed by atoms with van der Waals surface area (Å²) in [5, 5.41) is 0. The summed E-state index contributed by atoms with van der Waals surface area (Å²) in [6.07, 6.45) is 5.52. The molecule has 0 saturated heterocycles. The van der Waals surface area contributed by atoms with Gasteiger partial charge in [-0.25, -0.2) is 0 Å². The molecule has 3 heterocycles. The summed E-state index contributed by atoms with van der Waals surface area (Å²) >= 11 is 0. The molecule has 0 amide bonds. The van der Waals surface area contributed by atoms with Gasteiger partial charge in [0.05, 0.1) is 0 Å². The zero-order valence-electron chi connectivity index (χ0n) is 10.5. The number of pyridine rings is 2. The van der Waals surface area contributed by atoms with Crippen LogP contribution in [0.5, 0.6) is 0 Å². The first-order valence-electron chi connectivity index (χ1n) is 6.31. The number of aryl methyl sites for hydroxylation is 4. The molecule has 1 aliphatic heterocycles. The van der Waals surface area contributed by atoms with Crippen LogP contribution in [0.25, 0.3) is 11.4 Å². The molecule has 0 N–H and O–H groups in total. The fourth-order valence-electron chi connectivity index (χ4n) is 2.47. The Morgan fingerprint density at radius 2 is 1.65 bits per heavy atom. The fourth-order valence-corrected chi connectivity index (χ4v) is 2.47. The van der Waals surface area contributed by atoms with Gasteiger partial charge < -0.3 is 0 Å². The number of nitrogens with zero attached hydrogens (tertiary/aromatic N) is 2. The Balaban J connectivity index is 2.22. The van der Waals surface area contributed by atoms with Crippen LogP contribution in [0.1, 0.15) is 18.1 Å². The zero-order valence-corrected chi connectivity index (χ0v) is 10.5. The van der Waals surface area contributed by atoms with E-state index in [4.69, 9.17) is 0 Å². The first-order chi connectivity index (χ1) is 8.28. The third-order valence-corrected chi connectivity index (χ3v) is 3.54. The monoisotopic (exact) mass is 226 g/mol. The van der Waals surface area contributed by atoms with Crippen molar-refractivity contribution in [1.29, 1.82) is 0 Å². The Hall–Kier alpha value is -1.70. The second kappa shape index (κ2) is 3.95. The number of rotatable bonds is 1. The molecule has 0 fully saturated rings. The molecule has 0 atom stereocenters. The highest BCUT2D eigenvalue weighted by Crippen LogP contribution is 2.16. The molecule has 17 heavy (non-hydrogen) atoms. The van der Waals surface area contributed by atoms with Crippen molar-refractivity contribution in [3.63, 3.8) is 0 Å². The summed E-state index contributed by atoms with van der Waals surface area (Å²) in [6, 6.07) is 9.02. The first kappa shape index (κ1) is 10.5. The molecule has 2 heteroatoms. The van der Waals surface area contributed by atoms with E-state index in [-0.39, 0.29) is 0 Å². The van der Waals surface area contributed by atoms with Crippen LogP contribution < -0.4 is 9.13 Å². The lowest BCUT2D eigenvalue weighted by atomic mass is 10.1. The molecule has 2 nitrogen and oxygen atoms in total. The third kappa shape index (κ3) is 1.74. The van der Waals surface area contributed by atoms with E-state index in [0.717, 1.165) is 19.5 Å². The van der Waals surface area contributed by atoms with Gasteiger partial charge in [0.1, 0.15) is 0 Å². The van der Waals surface area contributed by atoms with Crippen LogP contribution in [0.3, 0.4) is 0 Å². The van der Waals surface area contributed by atoms with E-state index in [1.807, 2.05) is 0 Å². The van der Waals surface area contributed by atoms with Gasteiger partial charge in [-0.05, 0) is 24.5 Å². The average molecular weight is 226 g/mol. The number of fused-ring (bicyclic) bond motifs is 3. The van der Waals surface area contributed by atoms with Crippen LogP contribution in [-0.2, 0) is 19.5 Å². The predicted molar refractivity (Wildman–Crippen MR) is 66.4 cm³/mol. The quantitative estimate of drug-likeness (QED) is 0.655. The van der Waals surface area contributed by atoms with Gasteiger partial charge in [0.25, 0.3) is 11.4 Å². The lowest BCUT2D eigenvalue weighted by Crippen LogP contribution is -2.53. The molecule has 0 unspecified atom stereocenters. The highest BCUT2D eigenvalue weighted by atomic mass is 15.1. The van der Waals surface area contributed by atoms with Gasteiger partial charge in [0.2, 0.25) is 13.1 Å². The van der Waals surface area contributed by atoms with Gasteiger partial charge in [-0.3, -0.25) is 0 Å². The molecule has 3 rings (SSSR count). The van der Waals surface area contributed by atoms with E-state index in [1.165, 1.54) is 22.5 Å². The smallest absolute Gasteiger partial charge is 0.186 e. The molecule has 86 valence electrons. The number of aromatic nitrogens is 2. The maximum Gasteiger partial charge on any atom is 0.277 e. The van der Waals surface area contributed by atoms with Crippen molar-refractivity contribution in [2.45, 2.75) is 33.4 Å². The molecule has 0 aliphatic carbocycles. The Morgan fingerprint density at radius 1 is 1.00 bits per heavy atom. The number of hydrogen-bond donors (Lipinski definition) is 0. The molecule has 2 aromatic heterocycles. The fraction of sp³-hybridized carbons (Fsp3) is 0.333. The molecule has 0 bridgehead atoms. The first-order valence-corrected chi connectivity index (χ1v) is 6.31. The van der Waals surface area contributed by atoms with E-state index in [9.17, 15) is 0 Å². The average Bonchev–Trinajstić information content (AvgIpc) is 2.38. The maximum absolute atomic E-state index is 2.36. The summed E-state index contributed by atoms with van der Waals surface area (Å²) < 4.78 is 4.70. The Kier molecular flexibility index (Phi) is 2.43. The lowest BCUT2D eigenvalue weighted by Gasteiger charge is -2.10. The number of hydrogen-bond acceptors (Lipinski definition) is 0.